The van der Waals surface area contributed by atoms with Crippen LogP contribution in [0.3, 0.4) is 0 Å². The third kappa shape index (κ3) is 2.59. The highest BCUT2D eigenvalue weighted by atomic mass is 16.2. The second-order valence-corrected chi connectivity index (χ2v) is 4.66. The molecule has 2 aromatic rings. The summed E-state index contributed by atoms with van der Waals surface area (Å²) in [6, 6.07) is 7.86. The molecule has 2 rings (SSSR count). The molecule has 0 radical (unpaired) electrons. The van der Waals surface area contributed by atoms with Crippen molar-refractivity contribution in [2.75, 3.05) is 5.73 Å². The van der Waals surface area contributed by atoms with Crippen LogP contribution in [0.25, 0.3) is 0 Å². The van der Waals surface area contributed by atoms with Crippen LogP contribution in [0, 0.1) is 13.8 Å². The van der Waals surface area contributed by atoms with E-state index in [2.05, 4.69) is 15.5 Å². The van der Waals surface area contributed by atoms with Gasteiger partial charge < -0.3 is 11.1 Å². The normalized spacial score (nSPS) is 12.2. The highest BCUT2D eigenvalue weighted by Gasteiger charge is 2.18. The van der Waals surface area contributed by atoms with Gasteiger partial charge in [0.25, 0.3) is 5.91 Å². The van der Waals surface area contributed by atoms with Crippen LogP contribution in [-0.4, -0.2) is 16.1 Å². The first-order chi connectivity index (χ1) is 9.00. The second kappa shape index (κ2) is 5.14. The molecular formula is C14H18N4O. The molecule has 0 aliphatic carbocycles. The van der Waals surface area contributed by atoms with E-state index in [-0.39, 0.29) is 17.6 Å². The number of hydrogen-bond donors (Lipinski definition) is 3. The zero-order chi connectivity index (χ0) is 14.0. The number of nitrogens with two attached hydrogens (primary N) is 1. The van der Waals surface area contributed by atoms with Crippen LogP contribution in [0.2, 0.25) is 0 Å². The Labute approximate surface area is 112 Å². The number of carbonyl (C=O) groups is 1. The Morgan fingerprint density at radius 1 is 1.37 bits per heavy atom. The number of aromatic amines is 1. The van der Waals surface area contributed by atoms with Gasteiger partial charge in [0.1, 0.15) is 0 Å². The summed E-state index contributed by atoms with van der Waals surface area (Å²) in [6.07, 6.45) is 0. The molecule has 4 N–H and O–H groups in total. The number of carbonyl (C=O) groups excluding carboxylic acids is 1. The number of aryl methyl sites for hydroxylation is 2. The number of anilines is 1. The average molecular weight is 258 g/mol. The van der Waals surface area contributed by atoms with Crippen LogP contribution in [0.5, 0.6) is 0 Å². The molecule has 1 aromatic heterocycles. The quantitative estimate of drug-likeness (QED) is 0.788. The van der Waals surface area contributed by atoms with Gasteiger partial charge in [0.05, 0.1) is 17.4 Å². The van der Waals surface area contributed by atoms with Gasteiger partial charge in [-0.05, 0) is 31.9 Å². The fourth-order valence-corrected chi connectivity index (χ4v) is 2.03. The van der Waals surface area contributed by atoms with E-state index < -0.39 is 0 Å². The number of nitrogens with one attached hydrogen (secondary N) is 2. The maximum atomic E-state index is 12.1. The number of aromatic nitrogens is 2. The van der Waals surface area contributed by atoms with Crippen LogP contribution in [-0.2, 0) is 0 Å². The van der Waals surface area contributed by atoms with Gasteiger partial charge in [-0.15, -0.1) is 0 Å². The predicted molar refractivity (Wildman–Crippen MR) is 74.8 cm³/mol. The molecule has 1 atom stereocenters. The lowest BCUT2D eigenvalue weighted by atomic mass is 10.0. The number of H-pyrrole nitrogens is 1. The molecule has 1 unspecified atom stereocenters. The summed E-state index contributed by atoms with van der Waals surface area (Å²) in [7, 11) is 0. The van der Waals surface area contributed by atoms with Crippen molar-refractivity contribution in [2.45, 2.75) is 26.8 Å². The zero-order valence-electron chi connectivity index (χ0n) is 11.3. The smallest absolute Gasteiger partial charge is 0.274 e. The van der Waals surface area contributed by atoms with Crippen molar-refractivity contribution in [3.63, 3.8) is 0 Å². The molecule has 1 heterocycles. The molecule has 0 saturated heterocycles. The Kier molecular flexibility index (Phi) is 3.55. The molecule has 0 aliphatic heterocycles. The lowest BCUT2D eigenvalue weighted by Gasteiger charge is -2.16. The molecule has 5 heteroatoms. The van der Waals surface area contributed by atoms with Gasteiger partial charge in [-0.1, -0.05) is 24.3 Å². The number of nitrogens with zero attached hydrogens (tertiary/aromatic N) is 1. The SMILES string of the molecule is Cc1ccccc1C(C)NC(=O)c1n[nH]c(C)c1N. The Hall–Kier alpha value is -2.30. The standard InChI is InChI=1S/C14H18N4O/c1-8-6-4-5-7-11(8)9(2)16-14(19)13-12(15)10(3)17-18-13/h4-7,9H,15H2,1-3H3,(H,16,19)(H,17,18). The van der Waals surface area contributed by atoms with Crippen LogP contribution in [0.15, 0.2) is 24.3 Å². The Morgan fingerprint density at radius 3 is 2.63 bits per heavy atom. The van der Waals surface area contributed by atoms with Gasteiger partial charge in [-0.2, -0.15) is 5.10 Å². The monoisotopic (exact) mass is 258 g/mol. The van der Waals surface area contributed by atoms with Crippen molar-refractivity contribution < 1.29 is 4.79 Å². The molecule has 1 amide bonds. The minimum Gasteiger partial charge on any atom is -0.395 e. The first kappa shape index (κ1) is 13.1. The molecule has 0 saturated carbocycles. The summed E-state index contributed by atoms with van der Waals surface area (Å²) in [5.41, 5.74) is 9.37. The minimum absolute atomic E-state index is 0.0925. The summed E-state index contributed by atoms with van der Waals surface area (Å²) in [4.78, 5) is 12.1. The highest BCUT2D eigenvalue weighted by molar-refractivity contribution is 5.97. The number of amides is 1. The molecule has 0 bridgehead atoms. The lowest BCUT2D eigenvalue weighted by molar-refractivity contribution is 0.0935. The van der Waals surface area contributed by atoms with Crippen molar-refractivity contribution >= 4 is 11.6 Å². The van der Waals surface area contributed by atoms with E-state index in [9.17, 15) is 4.79 Å². The molecule has 0 fully saturated rings. The predicted octanol–water partition coefficient (Wildman–Crippen LogP) is 2.10. The van der Waals surface area contributed by atoms with E-state index >= 15 is 0 Å². The molecule has 5 nitrogen and oxygen atoms in total. The van der Waals surface area contributed by atoms with E-state index in [1.807, 2.05) is 38.1 Å². The van der Waals surface area contributed by atoms with Crippen molar-refractivity contribution in [3.8, 4) is 0 Å². The van der Waals surface area contributed by atoms with Crippen molar-refractivity contribution in [3.05, 3.63) is 46.8 Å². The number of benzene rings is 1. The van der Waals surface area contributed by atoms with Crippen LogP contribution < -0.4 is 11.1 Å². The Balaban J connectivity index is 2.16. The van der Waals surface area contributed by atoms with Gasteiger partial charge in [0.15, 0.2) is 5.69 Å². The molecule has 0 aliphatic rings. The van der Waals surface area contributed by atoms with Gasteiger partial charge >= 0.3 is 0 Å². The van der Waals surface area contributed by atoms with Crippen molar-refractivity contribution in [1.29, 1.82) is 0 Å². The average Bonchev–Trinajstić information content (AvgIpc) is 2.70. The first-order valence-corrected chi connectivity index (χ1v) is 6.17. The van der Waals surface area contributed by atoms with Gasteiger partial charge in [-0.25, -0.2) is 0 Å². The third-order valence-corrected chi connectivity index (χ3v) is 3.21. The molecular weight excluding hydrogens is 240 g/mol. The van der Waals surface area contributed by atoms with Gasteiger partial charge in [0.2, 0.25) is 0 Å². The van der Waals surface area contributed by atoms with Crippen molar-refractivity contribution in [2.24, 2.45) is 0 Å². The highest BCUT2D eigenvalue weighted by Crippen LogP contribution is 2.18. The van der Waals surface area contributed by atoms with Gasteiger partial charge in [-0.3, -0.25) is 9.89 Å². The summed E-state index contributed by atoms with van der Waals surface area (Å²) < 4.78 is 0. The van der Waals surface area contributed by atoms with Crippen LogP contribution in [0.4, 0.5) is 5.69 Å². The third-order valence-electron chi connectivity index (χ3n) is 3.21. The maximum absolute atomic E-state index is 12.1. The topological polar surface area (TPSA) is 83.8 Å². The Bertz CT molecular complexity index is 603. The summed E-state index contributed by atoms with van der Waals surface area (Å²) >= 11 is 0. The summed E-state index contributed by atoms with van der Waals surface area (Å²) in [5.74, 6) is -0.266. The van der Waals surface area contributed by atoms with Gasteiger partial charge in [0, 0.05) is 0 Å². The molecule has 100 valence electrons. The maximum Gasteiger partial charge on any atom is 0.274 e. The van der Waals surface area contributed by atoms with E-state index in [1.54, 1.807) is 6.92 Å². The van der Waals surface area contributed by atoms with Crippen LogP contribution in [0.1, 0.15) is 40.3 Å². The van der Waals surface area contributed by atoms with Crippen molar-refractivity contribution in [1.82, 2.24) is 15.5 Å². The van der Waals surface area contributed by atoms with E-state index in [0.29, 0.717) is 11.4 Å². The first-order valence-electron chi connectivity index (χ1n) is 6.17. The van der Waals surface area contributed by atoms with Crippen LogP contribution >= 0.6 is 0 Å². The fourth-order valence-electron chi connectivity index (χ4n) is 2.03. The van der Waals surface area contributed by atoms with E-state index in [4.69, 9.17) is 5.73 Å². The Morgan fingerprint density at radius 2 is 2.05 bits per heavy atom. The fraction of sp³-hybridized carbons (Fsp3) is 0.286. The molecule has 0 spiro atoms. The number of rotatable bonds is 3. The number of nitrogen functional groups attached to an aromatic ring is 1. The zero-order valence-corrected chi connectivity index (χ0v) is 11.3. The summed E-state index contributed by atoms with van der Waals surface area (Å²) in [6.45, 7) is 5.74. The second-order valence-electron chi connectivity index (χ2n) is 4.66. The number of hydrogen-bond acceptors (Lipinski definition) is 3. The lowest BCUT2D eigenvalue weighted by Crippen LogP contribution is -2.28. The molecule has 19 heavy (non-hydrogen) atoms. The minimum atomic E-state index is -0.266. The molecule has 1 aromatic carbocycles. The largest absolute Gasteiger partial charge is 0.395 e. The van der Waals surface area contributed by atoms with E-state index in [0.717, 1.165) is 11.1 Å². The van der Waals surface area contributed by atoms with E-state index in [1.165, 1.54) is 0 Å². The summed E-state index contributed by atoms with van der Waals surface area (Å²) in [5, 5.41) is 9.53.